The van der Waals surface area contributed by atoms with Crippen LogP contribution in [0.15, 0.2) is 66.9 Å². The maximum Gasteiger partial charge on any atom is 0.261 e. The lowest BCUT2D eigenvalue weighted by Crippen LogP contribution is -2.32. The van der Waals surface area contributed by atoms with Crippen LogP contribution in [-0.4, -0.2) is 18.0 Å². The van der Waals surface area contributed by atoms with Crippen molar-refractivity contribution >= 4 is 17.4 Å². The van der Waals surface area contributed by atoms with Crippen LogP contribution in [0.5, 0.6) is 5.75 Å². The number of pyridine rings is 1. The average molecular weight is 345 g/mol. The molecule has 1 aliphatic rings. The Morgan fingerprint density at radius 3 is 2.50 bits per heavy atom. The van der Waals surface area contributed by atoms with E-state index in [1.54, 1.807) is 18.2 Å². The van der Waals surface area contributed by atoms with Crippen molar-refractivity contribution in [3.8, 4) is 5.75 Å². The minimum absolute atomic E-state index is 0.0528. The zero-order chi connectivity index (χ0) is 18.1. The molecule has 26 heavy (non-hydrogen) atoms. The van der Waals surface area contributed by atoms with Gasteiger partial charge in [-0.25, -0.2) is 4.98 Å². The molecule has 4 rings (SSSR count). The summed E-state index contributed by atoms with van der Waals surface area (Å²) in [6.45, 7) is 1.98. The van der Waals surface area contributed by atoms with Crippen molar-refractivity contribution in [3.05, 3.63) is 83.6 Å². The second kappa shape index (κ2) is 6.52. The van der Waals surface area contributed by atoms with Crippen molar-refractivity contribution in [2.75, 3.05) is 17.3 Å². The van der Waals surface area contributed by atoms with Crippen LogP contribution in [0.2, 0.25) is 0 Å². The van der Waals surface area contributed by atoms with E-state index in [9.17, 15) is 4.79 Å². The first-order valence-electron chi connectivity index (χ1n) is 8.43. The molecule has 1 atom stereocenters. The molecule has 0 radical (unpaired) electrons. The lowest BCUT2D eigenvalue weighted by atomic mass is 10.1. The van der Waals surface area contributed by atoms with Crippen LogP contribution in [0.3, 0.4) is 0 Å². The standard InChI is InChI=1S/C21H19N3O2/c1-14-7-12-19(22-13-14)24-20(17-5-3-4-6-18(17)21(24)25)23-15-8-10-16(26-2)11-9-15/h3-13,20,23H,1-2H3/t20-/m1/s1. The first-order chi connectivity index (χ1) is 12.7. The number of fused-ring (bicyclic) bond motifs is 1. The Bertz CT molecular complexity index is 936. The molecule has 2 aromatic carbocycles. The zero-order valence-corrected chi connectivity index (χ0v) is 14.6. The quantitative estimate of drug-likeness (QED) is 0.771. The molecule has 1 amide bonds. The van der Waals surface area contributed by atoms with E-state index in [1.807, 2.05) is 67.6 Å². The molecule has 5 heteroatoms. The normalized spacial score (nSPS) is 15.7. The van der Waals surface area contributed by atoms with Gasteiger partial charge in [-0.15, -0.1) is 0 Å². The van der Waals surface area contributed by atoms with Crippen LogP contribution < -0.4 is 15.0 Å². The van der Waals surface area contributed by atoms with Crippen molar-refractivity contribution in [1.29, 1.82) is 0 Å². The SMILES string of the molecule is COc1ccc(N[C@H]2c3ccccc3C(=O)N2c2ccc(C)cn2)cc1. The molecule has 0 fully saturated rings. The number of ether oxygens (including phenoxy) is 1. The summed E-state index contributed by atoms with van der Waals surface area (Å²) in [6, 6.07) is 19.1. The molecule has 0 unspecified atom stereocenters. The molecule has 0 bridgehead atoms. The molecule has 1 N–H and O–H groups in total. The highest BCUT2D eigenvalue weighted by Crippen LogP contribution is 2.37. The van der Waals surface area contributed by atoms with Gasteiger partial charge in [-0.05, 0) is 48.9 Å². The molecule has 0 saturated carbocycles. The number of carbonyl (C=O) groups excluding carboxylic acids is 1. The fourth-order valence-corrected chi connectivity index (χ4v) is 3.14. The van der Waals surface area contributed by atoms with Gasteiger partial charge in [0.25, 0.3) is 5.91 Å². The van der Waals surface area contributed by atoms with Gasteiger partial charge in [0.15, 0.2) is 0 Å². The third-order valence-electron chi connectivity index (χ3n) is 4.50. The third kappa shape index (κ3) is 2.77. The molecule has 1 aromatic heterocycles. The van der Waals surface area contributed by atoms with Crippen LogP contribution in [0, 0.1) is 6.92 Å². The van der Waals surface area contributed by atoms with E-state index in [0.717, 1.165) is 22.6 Å². The topological polar surface area (TPSA) is 54.5 Å². The zero-order valence-electron chi connectivity index (χ0n) is 14.6. The fraction of sp³-hybridized carbons (Fsp3) is 0.143. The molecule has 3 aromatic rings. The van der Waals surface area contributed by atoms with E-state index < -0.39 is 0 Å². The Hall–Kier alpha value is -3.34. The minimum atomic E-state index is -0.317. The van der Waals surface area contributed by atoms with Crippen molar-refractivity contribution in [2.45, 2.75) is 13.1 Å². The Morgan fingerprint density at radius 1 is 1.04 bits per heavy atom. The molecule has 0 spiro atoms. The molecule has 5 nitrogen and oxygen atoms in total. The van der Waals surface area contributed by atoms with Gasteiger partial charge in [0, 0.05) is 23.0 Å². The lowest BCUT2D eigenvalue weighted by molar-refractivity contribution is 0.0992. The van der Waals surface area contributed by atoms with E-state index in [-0.39, 0.29) is 12.1 Å². The van der Waals surface area contributed by atoms with E-state index in [1.165, 1.54) is 0 Å². The lowest BCUT2D eigenvalue weighted by Gasteiger charge is -2.26. The number of aryl methyl sites for hydroxylation is 1. The predicted molar refractivity (Wildman–Crippen MR) is 102 cm³/mol. The largest absolute Gasteiger partial charge is 0.497 e. The number of nitrogens with one attached hydrogen (secondary N) is 1. The highest BCUT2D eigenvalue weighted by atomic mass is 16.5. The number of rotatable bonds is 4. The summed E-state index contributed by atoms with van der Waals surface area (Å²) in [4.78, 5) is 19.2. The molecule has 0 aliphatic carbocycles. The third-order valence-corrected chi connectivity index (χ3v) is 4.50. The van der Waals surface area contributed by atoms with Gasteiger partial charge in [-0.2, -0.15) is 0 Å². The molecular formula is C21H19N3O2. The smallest absolute Gasteiger partial charge is 0.261 e. The highest BCUT2D eigenvalue weighted by Gasteiger charge is 2.38. The average Bonchev–Trinajstić information content (AvgIpc) is 2.95. The van der Waals surface area contributed by atoms with E-state index >= 15 is 0 Å². The maximum absolute atomic E-state index is 13.0. The maximum atomic E-state index is 13.0. The number of hydrogen-bond acceptors (Lipinski definition) is 4. The van der Waals surface area contributed by atoms with Gasteiger partial charge in [0.05, 0.1) is 7.11 Å². The number of aromatic nitrogens is 1. The van der Waals surface area contributed by atoms with Gasteiger partial charge >= 0.3 is 0 Å². The Kier molecular flexibility index (Phi) is 4.05. The number of hydrogen-bond donors (Lipinski definition) is 1. The minimum Gasteiger partial charge on any atom is -0.497 e. The summed E-state index contributed by atoms with van der Waals surface area (Å²) in [7, 11) is 1.64. The number of methoxy groups -OCH3 is 1. The number of anilines is 2. The summed E-state index contributed by atoms with van der Waals surface area (Å²) in [6.07, 6.45) is 1.46. The van der Waals surface area contributed by atoms with Crippen molar-refractivity contribution in [1.82, 2.24) is 4.98 Å². The summed E-state index contributed by atoms with van der Waals surface area (Å²) in [5.74, 6) is 1.36. The van der Waals surface area contributed by atoms with Crippen LogP contribution in [-0.2, 0) is 0 Å². The highest BCUT2D eigenvalue weighted by molar-refractivity contribution is 6.11. The number of nitrogens with zero attached hydrogens (tertiary/aromatic N) is 2. The monoisotopic (exact) mass is 345 g/mol. The summed E-state index contributed by atoms with van der Waals surface area (Å²) in [5, 5.41) is 3.45. The van der Waals surface area contributed by atoms with Crippen molar-refractivity contribution < 1.29 is 9.53 Å². The van der Waals surface area contributed by atoms with Gasteiger partial charge in [-0.3, -0.25) is 9.69 Å². The Labute approximate surface area is 152 Å². The first kappa shape index (κ1) is 16.1. The number of benzene rings is 2. The van der Waals surface area contributed by atoms with E-state index in [0.29, 0.717) is 11.4 Å². The van der Waals surface area contributed by atoms with Crippen molar-refractivity contribution in [3.63, 3.8) is 0 Å². The van der Waals surface area contributed by atoms with Crippen LogP contribution >= 0.6 is 0 Å². The summed E-state index contributed by atoms with van der Waals surface area (Å²) in [5.41, 5.74) is 3.59. The van der Waals surface area contributed by atoms with Crippen molar-refractivity contribution in [2.24, 2.45) is 0 Å². The molecule has 0 saturated heterocycles. The fourth-order valence-electron chi connectivity index (χ4n) is 3.14. The predicted octanol–water partition coefficient (Wildman–Crippen LogP) is 4.17. The number of amides is 1. The first-order valence-corrected chi connectivity index (χ1v) is 8.43. The van der Waals surface area contributed by atoms with E-state index in [4.69, 9.17) is 4.74 Å². The van der Waals surface area contributed by atoms with Crippen LogP contribution in [0.4, 0.5) is 11.5 Å². The Balaban J connectivity index is 1.74. The molecule has 1 aliphatic heterocycles. The summed E-state index contributed by atoms with van der Waals surface area (Å²) < 4.78 is 5.21. The van der Waals surface area contributed by atoms with Crippen LogP contribution in [0.1, 0.15) is 27.7 Å². The van der Waals surface area contributed by atoms with E-state index in [2.05, 4.69) is 10.3 Å². The van der Waals surface area contributed by atoms with Gasteiger partial charge in [-0.1, -0.05) is 24.3 Å². The van der Waals surface area contributed by atoms with Gasteiger partial charge < -0.3 is 10.1 Å². The molecular weight excluding hydrogens is 326 g/mol. The second-order valence-electron chi connectivity index (χ2n) is 6.23. The molecule has 130 valence electrons. The molecule has 2 heterocycles. The van der Waals surface area contributed by atoms with Gasteiger partial charge in [0.1, 0.15) is 17.7 Å². The summed E-state index contributed by atoms with van der Waals surface area (Å²) >= 11 is 0. The van der Waals surface area contributed by atoms with Crippen LogP contribution in [0.25, 0.3) is 0 Å². The second-order valence-corrected chi connectivity index (χ2v) is 6.23. The van der Waals surface area contributed by atoms with Gasteiger partial charge in [0.2, 0.25) is 0 Å². The number of carbonyl (C=O) groups is 1. The Morgan fingerprint density at radius 2 is 1.81 bits per heavy atom.